The Morgan fingerprint density at radius 1 is 1.10 bits per heavy atom. The largest absolute Gasteiger partial charge is 0.497 e. The Kier molecular flexibility index (Phi) is 6.84. The summed E-state index contributed by atoms with van der Waals surface area (Å²) in [6, 6.07) is 12.0. The molecule has 0 aliphatic carbocycles. The van der Waals surface area contributed by atoms with Gasteiger partial charge in [-0.3, -0.25) is 4.90 Å². The molecule has 1 N–H and O–H groups in total. The van der Waals surface area contributed by atoms with E-state index in [1.807, 2.05) is 44.2 Å². The summed E-state index contributed by atoms with van der Waals surface area (Å²) < 4.78 is 16.6. The van der Waals surface area contributed by atoms with Gasteiger partial charge < -0.3 is 19.5 Å². The molecule has 7 nitrogen and oxygen atoms in total. The summed E-state index contributed by atoms with van der Waals surface area (Å²) in [5.41, 5.74) is 3.76. The van der Waals surface area contributed by atoms with Gasteiger partial charge in [0, 0.05) is 7.05 Å². The van der Waals surface area contributed by atoms with Crippen molar-refractivity contribution < 1.29 is 23.8 Å². The van der Waals surface area contributed by atoms with Gasteiger partial charge in [0.15, 0.2) is 0 Å². The highest BCUT2D eigenvalue weighted by Crippen LogP contribution is 2.33. The summed E-state index contributed by atoms with van der Waals surface area (Å²) in [5.74, 6) is 0.791. The predicted molar refractivity (Wildman–Crippen MR) is 117 cm³/mol. The Morgan fingerprint density at radius 3 is 2.55 bits per heavy atom. The molecule has 0 aromatic heterocycles. The number of hydrogen-bond donors (Lipinski definition) is 1. The highest BCUT2D eigenvalue weighted by Gasteiger charge is 2.37. The van der Waals surface area contributed by atoms with Crippen molar-refractivity contribution in [2.45, 2.75) is 26.8 Å². The first-order valence-corrected chi connectivity index (χ1v) is 10.1. The van der Waals surface area contributed by atoms with Gasteiger partial charge in [-0.1, -0.05) is 18.2 Å². The van der Waals surface area contributed by atoms with E-state index in [2.05, 4.69) is 5.32 Å². The van der Waals surface area contributed by atoms with Gasteiger partial charge in [0.25, 0.3) is 0 Å². The van der Waals surface area contributed by atoms with Gasteiger partial charge in [0.1, 0.15) is 18.1 Å². The number of benzene rings is 2. The molecule has 1 heterocycles. The first-order chi connectivity index (χ1) is 14.8. The number of nitrogens with zero attached hydrogens (tertiary/aromatic N) is 1. The zero-order valence-corrected chi connectivity index (χ0v) is 18.5. The minimum atomic E-state index is -0.684. The maximum absolute atomic E-state index is 13.0. The number of amides is 2. The monoisotopic (exact) mass is 424 g/mol. The van der Waals surface area contributed by atoms with Crippen molar-refractivity contribution in [1.29, 1.82) is 0 Å². The molecule has 0 bridgehead atoms. The van der Waals surface area contributed by atoms with Crippen LogP contribution in [0.2, 0.25) is 0 Å². The Bertz CT molecular complexity index is 1010. The topological polar surface area (TPSA) is 77.1 Å². The van der Waals surface area contributed by atoms with Crippen LogP contribution < -0.4 is 14.8 Å². The van der Waals surface area contributed by atoms with E-state index >= 15 is 0 Å². The minimum absolute atomic E-state index is 0.0427. The van der Waals surface area contributed by atoms with E-state index in [4.69, 9.17) is 14.2 Å². The van der Waals surface area contributed by atoms with Crippen molar-refractivity contribution in [2.24, 2.45) is 0 Å². The fourth-order valence-corrected chi connectivity index (χ4v) is 3.41. The molecule has 2 aromatic rings. The lowest BCUT2D eigenvalue weighted by molar-refractivity contribution is -0.139. The Balaban J connectivity index is 2.03. The van der Waals surface area contributed by atoms with Crippen molar-refractivity contribution in [3.63, 3.8) is 0 Å². The van der Waals surface area contributed by atoms with E-state index in [0.29, 0.717) is 28.3 Å². The second kappa shape index (κ2) is 9.55. The second-order valence-electron chi connectivity index (χ2n) is 7.33. The molecule has 0 saturated heterocycles. The average Bonchev–Trinajstić information content (AvgIpc) is 2.76. The molecule has 1 aliphatic heterocycles. The molecule has 0 radical (unpaired) electrons. The summed E-state index contributed by atoms with van der Waals surface area (Å²) >= 11 is 0. The third-order valence-corrected chi connectivity index (χ3v) is 5.35. The van der Waals surface area contributed by atoms with Crippen LogP contribution in [-0.4, -0.2) is 44.3 Å². The molecule has 1 atom stereocenters. The van der Waals surface area contributed by atoms with E-state index in [1.165, 1.54) is 4.90 Å². The third kappa shape index (κ3) is 4.82. The third-order valence-electron chi connectivity index (χ3n) is 5.35. The number of hydrogen-bond acceptors (Lipinski definition) is 5. The maximum Gasteiger partial charge on any atom is 0.338 e. The number of likely N-dealkylation sites (N-methyl/N-ethyl adjacent to an activating group) is 1. The van der Waals surface area contributed by atoms with Gasteiger partial charge in [-0.05, 0) is 61.7 Å². The van der Waals surface area contributed by atoms with Crippen molar-refractivity contribution in [3.8, 4) is 11.5 Å². The molecule has 0 saturated carbocycles. The van der Waals surface area contributed by atoms with Crippen molar-refractivity contribution in [2.75, 3.05) is 27.4 Å². The SMILES string of the molecule is CCOC(=O)C1=C(COc2ccc(C)c(C)c2)N(C)C(=O)NC1c1cccc(OC)c1. The van der Waals surface area contributed by atoms with Crippen LogP contribution in [0.3, 0.4) is 0 Å². The molecule has 0 spiro atoms. The van der Waals surface area contributed by atoms with E-state index < -0.39 is 12.0 Å². The molecule has 164 valence electrons. The van der Waals surface area contributed by atoms with Crippen LogP contribution in [0.5, 0.6) is 11.5 Å². The molecule has 2 amide bonds. The Hall–Kier alpha value is -3.48. The average molecular weight is 424 g/mol. The number of aryl methyl sites for hydroxylation is 2. The zero-order chi connectivity index (χ0) is 22.5. The van der Waals surface area contributed by atoms with Crippen molar-refractivity contribution >= 4 is 12.0 Å². The smallest absolute Gasteiger partial charge is 0.338 e. The van der Waals surface area contributed by atoms with Crippen LogP contribution in [0.1, 0.15) is 29.7 Å². The van der Waals surface area contributed by atoms with Gasteiger partial charge in [0.2, 0.25) is 0 Å². The van der Waals surface area contributed by atoms with Crippen molar-refractivity contribution in [1.82, 2.24) is 10.2 Å². The number of rotatable bonds is 7. The lowest BCUT2D eigenvalue weighted by atomic mass is 9.94. The normalized spacial score (nSPS) is 16.1. The number of ether oxygens (including phenoxy) is 3. The van der Waals surface area contributed by atoms with Crippen LogP contribution in [-0.2, 0) is 9.53 Å². The van der Waals surface area contributed by atoms with E-state index in [0.717, 1.165) is 11.1 Å². The van der Waals surface area contributed by atoms with Crippen LogP contribution >= 0.6 is 0 Å². The lowest BCUT2D eigenvalue weighted by Gasteiger charge is -2.34. The molecular weight excluding hydrogens is 396 g/mol. The minimum Gasteiger partial charge on any atom is -0.497 e. The van der Waals surface area contributed by atoms with Gasteiger partial charge >= 0.3 is 12.0 Å². The Morgan fingerprint density at radius 2 is 1.87 bits per heavy atom. The predicted octanol–water partition coefficient (Wildman–Crippen LogP) is 3.90. The molecule has 0 fully saturated rings. The number of urea groups is 1. The number of carbonyl (C=O) groups excluding carboxylic acids is 2. The molecule has 31 heavy (non-hydrogen) atoms. The van der Waals surface area contributed by atoms with Crippen LogP contribution in [0.4, 0.5) is 4.79 Å². The zero-order valence-electron chi connectivity index (χ0n) is 18.5. The summed E-state index contributed by atoms with van der Waals surface area (Å²) in [5, 5.41) is 2.89. The fraction of sp³-hybridized carbons (Fsp3) is 0.333. The molecule has 2 aromatic carbocycles. The van der Waals surface area contributed by atoms with Crippen molar-refractivity contribution in [3.05, 3.63) is 70.4 Å². The lowest BCUT2D eigenvalue weighted by Crippen LogP contribution is -2.48. The summed E-state index contributed by atoms with van der Waals surface area (Å²) in [4.78, 5) is 27.1. The molecular formula is C24H28N2O5. The summed E-state index contributed by atoms with van der Waals surface area (Å²) in [6.07, 6.45) is 0. The quantitative estimate of drug-likeness (QED) is 0.682. The van der Waals surface area contributed by atoms with Gasteiger partial charge in [-0.15, -0.1) is 0 Å². The molecule has 3 rings (SSSR count). The second-order valence-corrected chi connectivity index (χ2v) is 7.33. The standard InChI is InChI=1S/C24H28N2O5/c1-6-30-23(27)21-20(14-31-19-11-10-15(2)16(3)12-19)26(4)24(28)25-22(21)17-8-7-9-18(13-17)29-5/h7-13,22H,6,14H2,1-5H3,(H,25,28). The van der Waals surface area contributed by atoms with Crippen LogP contribution in [0, 0.1) is 13.8 Å². The van der Waals surface area contributed by atoms with E-state index in [9.17, 15) is 9.59 Å². The van der Waals surface area contributed by atoms with Crippen LogP contribution in [0.25, 0.3) is 0 Å². The first-order valence-electron chi connectivity index (χ1n) is 10.1. The number of carbonyl (C=O) groups is 2. The van der Waals surface area contributed by atoms with Crippen LogP contribution in [0.15, 0.2) is 53.7 Å². The highest BCUT2D eigenvalue weighted by molar-refractivity contribution is 5.95. The van der Waals surface area contributed by atoms with Gasteiger partial charge in [-0.25, -0.2) is 9.59 Å². The summed E-state index contributed by atoms with van der Waals surface area (Å²) in [7, 11) is 3.17. The number of nitrogens with one attached hydrogen (secondary N) is 1. The van der Waals surface area contributed by atoms with Gasteiger partial charge in [-0.2, -0.15) is 0 Å². The first kappa shape index (κ1) is 22.2. The van der Waals surface area contributed by atoms with E-state index in [1.54, 1.807) is 33.2 Å². The summed E-state index contributed by atoms with van der Waals surface area (Å²) in [6.45, 7) is 6.04. The molecule has 1 unspecified atom stereocenters. The fourth-order valence-electron chi connectivity index (χ4n) is 3.41. The van der Waals surface area contributed by atoms with Gasteiger partial charge in [0.05, 0.1) is 31.0 Å². The molecule has 1 aliphatic rings. The molecule has 7 heteroatoms. The highest BCUT2D eigenvalue weighted by atomic mass is 16.5. The number of esters is 1. The van der Waals surface area contributed by atoms with E-state index in [-0.39, 0.29) is 19.2 Å². The number of methoxy groups -OCH3 is 1. The Labute approximate surface area is 182 Å². The maximum atomic E-state index is 13.0.